The minimum atomic E-state index is -0.602. The first-order valence-corrected chi connectivity index (χ1v) is 7.76. The molecule has 0 saturated heterocycles. The monoisotopic (exact) mass is 301 g/mol. The molecule has 1 aliphatic carbocycles. The Labute approximate surface area is 125 Å². The predicted molar refractivity (Wildman–Crippen MR) is 80.9 cm³/mol. The SMILES string of the molecule is OC(CNCCC1CCCC1)c1cc(Cl)ccc1Cl. The Kier molecular flexibility index (Phi) is 5.96. The zero-order chi connectivity index (χ0) is 13.7. The van der Waals surface area contributed by atoms with Crippen molar-refractivity contribution in [1.82, 2.24) is 5.32 Å². The molecule has 4 heteroatoms. The van der Waals surface area contributed by atoms with Gasteiger partial charge >= 0.3 is 0 Å². The fraction of sp³-hybridized carbons (Fsp3) is 0.600. The van der Waals surface area contributed by atoms with Gasteiger partial charge in [-0.15, -0.1) is 0 Å². The van der Waals surface area contributed by atoms with Crippen molar-refractivity contribution < 1.29 is 5.11 Å². The van der Waals surface area contributed by atoms with Crippen molar-refractivity contribution in [3.63, 3.8) is 0 Å². The van der Waals surface area contributed by atoms with E-state index in [0.717, 1.165) is 12.5 Å². The Morgan fingerprint density at radius 1 is 1.26 bits per heavy atom. The Hall–Kier alpha value is -0.280. The summed E-state index contributed by atoms with van der Waals surface area (Å²) >= 11 is 12.0. The predicted octanol–water partition coefficient (Wildman–Crippen LogP) is 4.20. The van der Waals surface area contributed by atoms with Crippen LogP contribution >= 0.6 is 23.2 Å². The summed E-state index contributed by atoms with van der Waals surface area (Å²) in [5.74, 6) is 0.874. The van der Waals surface area contributed by atoms with Crippen molar-refractivity contribution in [3.05, 3.63) is 33.8 Å². The number of aliphatic hydroxyl groups excluding tert-OH is 1. The molecule has 1 aromatic rings. The molecule has 1 aliphatic rings. The molecule has 1 aromatic carbocycles. The molecule has 0 radical (unpaired) electrons. The molecule has 2 nitrogen and oxygen atoms in total. The van der Waals surface area contributed by atoms with E-state index in [4.69, 9.17) is 23.2 Å². The zero-order valence-corrected chi connectivity index (χ0v) is 12.6. The quantitative estimate of drug-likeness (QED) is 0.772. The molecule has 0 amide bonds. The van der Waals surface area contributed by atoms with Gasteiger partial charge in [0.05, 0.1) is 6.10 Å². The average Bonchev–Trinajstić information content (AvgIpc) is 2.90. The Bertz CT molecular complexity index is 405. The highest BCUT2D eigenvalue weighted by Crippen LogP contribution is 2.28. The molecular weight excluding hydrogens is 281 g/mol. The number of benzene rings is 1. The van der Waals surface area contributed by atoms with Crippen molar-refractivity contribution >= 4 is 23.2 Å². The lowest BCUT2D eigenvalue weighted by molar-refractivity contribution is 0.174. The molecule has 0 aromatic heterocycles. The lowest BCUT2D eigenvalue weighted by Crippen LogP contribution is -2.24. The van der Waals surface area contributed by atoms with Gasteiger partial charge in [0.1, 0.15) is 0 Å². The fourth-order valence-corrected chi connectivity index (χ4v) is 3.15. The van der Waals surface area contributed by atoms with Crippen molar-refractivity contribution in [3.8, 4) is 0 Å². The Morgan fingerprint density at radius 2 is 2.00 bits per heavy atom. The highest BCUT2D eigenvalue weighted by atomic mass is 35.5. The van der Waals surface area contributed by atoms with E-state index in [0.29, 0.717) is 22.2 Å². The molecule has 0 aliphatic heterocycles. The number of aliphatic hydroxyl groups is 1. The van der Waals surface area contributed by atoms with Gasteiger partial charge in [-0.3, -0.25) is 0 Å². The number of hydrogen-bond acceptors (Lipinski definition) is 2. The van der Waals surface area contributed by atoms with Gasteiger partial charge in [0.2, 0.25) is 0 Å². The van der Waals surface area contributed by atoms with Crippen LogP contribution in [0, 0.1) is 5.92 Å². The van der Waals surface area contributed by atoms with E-state index in [1.807, 2.05) is 0 Å². The van der Waals surface area contributed by atoms with Crippen LogP contribution in [0.15, 0.2) is 18.2 Å². The molecule has 19 heavy (non-hydrogen) atoms. The standard InChI is InChI=1S/C15H21Cl2NO/c16-12-5-6-14(17)13(9-12)15(19)10-18-8-7-11-3-1-2-4-11/h5-6,9,11,15,18-19H,1-4,7-8,10H2. The normalized spacial score (nSPS) is 17.8. The van der Waals surface area contributed by atoms with Gasteiger partial charge < -0.3 is 10.4 Å². The van der Waals surface area contributed by atoms with Crippen molar-refractivity contribution in [1.29, 1.82) is 0 Å². The molecule has 0 spiro atoms. The fourth-order valence-electron chi connectivity index (χ4n) is 2.72. The summed E-state index contributed by atoms with van der Waals surface area (Å²) in [6.07, 6.45) is 6.09. The average molecular weight is 302 g/mol. The van der Waals surface area contributed by atoms with Crippen LogP contribution in [0.25, 0.3) is 0 Å². The number of rotatable bonds is 6. The second kappa shape index (κ2) is 7.49. The van der Waals surface area contributed by atoms with Crippen molar-refractivity contribution in [2.24, 2.45) is 5.92 Å². The summed E-state index contributed by atoms with van der Waals surface area (Å²) in [7, 11) is 0. The molecule has 1 fully saturated rings. The lowest BCUT2D eigenvalue weighted by Gasteiger charge is -2.15. The Morgan fingerprint density at radius 3 is 2.74 bits per heavy atom. The first kappa shape index (κ1) is 15.1. The number of nitrogens with one attached hydrogen (secondary N) is 1. The summed E-state index contributed by atoms with van der Waals surface area (Å²) in [6.45, 7) is 1.48. The maximum absolute atomic E-state index is 10.1. The van der Waals surface area contributed by atoms with Crippen LogP contribution in [0.4, 0.5) is 0 Å². The molecule has 106 valence electrons. The van der Waals surface area contributed by atoms with E-state index in [1.54, 1.807) is 18.2 Å². The molecule has 0 heterocycles. The molecular formula is C15H21Cl2NO. The van der Waals surface area contributed by atoms with Gasteiger partial charge in [-0.05, 0) is 37.1 Å². The third-order valence-corrected chi connectivity index (χ3v) is 4.44. The van der Waals surface area contributed by atoms with Crippen molar-refractivity contribution in [2.45, 2.75) is 38.2 Å². The third-order valence-electron chi connectivity index (χ3n) is 3.86. The lowest BCUT2D eigenvalue weighted by atomic mass is 10.0. The van der Waals surface area contributed by atoms with Crippen LogP contribution in [0.2, 0.25) is 10.0 Å². The summed E-state index contributed by atoms with van der Waals surface area (Å²) in [5.41, 5.74) is 0.697. The molecule has 1 saturated carbocycles. The van der Waals surface area contributed by atoms with Crippen LogP contribution in [-0.4, -0.2) is 18.2 Å². The third kappa shape index (κ3) is 4.64. The largest absolute Gasteiger partial charge is 0.387 e. The minimum absolute atomic E-state index is 0.521. The van der Waals surface area contributed by atoms with Gasteiger partial charge in [-0.1, -0.05) is 48.9 Å². The van der Waals surface area contributed by atoms with Gasteiger partial charge in [-0.2, -0.15) is 0 Å². The van der Waals surface area contributed by atoms with Gasteiger partial charge in [-0.25, -0.2) is 0 Å². The van der Waals surface area contributed by atoms with E-state index in [2.05, 4.69) is 5.32 Å². The molecule has 1 unspecified atom stereocenters. The second-order valence-electron chi connectivity index (χ2n) is 5.32. The van der Waals surface area contributed by atoms with Crippen LogP contribution in [-0.2, 0) is 0 Å². The first-order valence-electron chi connectivity index (χ1n) is 7.00. The first-order chi connectivity index (χ1) is 9.16. The summed E-state index contributed by atoms with van der Waals surface area (Å²) in [5, 5.41) is 14.6. The van der Waals surface area contributed by atoms with Gasteiger partial charge in [0, 0.05) is 22.2 Å². The number of halogens is 2. The maximum atomic E-state index is 10.1. The molecule has 1 atom stereocenters. The van der Waals surface area contributed by atoms with Gasteiger partial charge in [0.25, 0.3) is 0 Å². The molecule has 0 bridgehead atoms. The second-order valence-corrected chi connectivity index (χ2v) is 6.17. The zero-order valence-electron chi connectivity index (χ0n) is 11.0. The van der Waals surface area contributed by atoms with E-state index >= 15 is 0 Å². The minimum Gasteiger partial charge on any atom is -0.387 e. The van der Waals surface area contributed by atoms with Crippen LogP contribution in [0.3, 0.4) is 0 Å². The maximum Gasteiger partial charge on any atom is 0.0929 e. The molecule has 2 N–H and O–H groups in total. The summed E-state index contributed by atoms with van der Waals surface area (Å²) in [6, 6.07) is 5.18. The smallest absolute Gasteiger partial charge is 0.0929 e. The van der Waals surface area contributed by atoms with E-state index < -0.39 is 6.10 Å². The highest BCUT2D eigenvalue weighted by Gasteiger charge is 2.15. The Balaban J connectivity index is 1.74. The van der Waals surface area contributed by atoms with E-state index in [1.165, 1.54) is 32.1 Å². The summed E-state index contributed by atoms with van der Waals surface area (Å²) < 4.78 is 0. The van der Waals surface area contributed by atoms with Crippen LogP contribution in [0.1, 0.15) is 43.8 Å². The summed E-state index contributed by atoms with van der Waals surface area (Å²) in [4.78, 5) is 0. The van der Waals surface area contributed by atoms with Crippen LogP contribution in [0.5, 0.6) is 0 Å². The van der Waals surface area contributed by atoms with E-state index in [-0.39, 0.29) is 0 Å². The van der Waals surface area contributed by atoms with Gasteiger partial charge in [0.15, 0.2) is 0 Å². The molecule has 2 rings (SSSR count). The topological polar surface area (TPSA) is 32.3 Å². The van der Waals surface area contributed by atoms with E-state index in [9.17, 15) is 5.11 Å². The number of hydrogen-bond donors (Lipinski definition) is 2. The highest BCUT2D eigenvalue weighted by molar-refractivity contribution is 6.33. The van der Waals surface area contributed by atoms with Crippen LogP contribution < -0.4 is 5.32 Å². The van der Waals surface area contributed by atoms with Crippen molar-refractivity contribution in [2.75, 3.05) is 13.1 Å².